The zero-order valence-corrected chi connectivity index (χ0v) is 17.8. The monoisotopic (exact) mass is 445 g/mol. The summed E-state index contributed by atoms with van der Waals surface area (Å²) in [6, 6.07) is 20.1. The normalized spacial score (nSPS) is 12.6. The molecule has 160 valence electrons. The smallest absolute Gasteiger partial charge is 0.323 e. The maximum Gasteiger partial charge on any atom is 0.323 e. The zero-order valence-electron chi connectivity index (χ0n) is 17.1. The number of nitrogens with one attached hydrogen (secondary N) is 2. The van der Waals surface area contributed by atoms with Crippen molar-refractivity contribution in [3.63, 3.8) is 0 Å². The van der Waals surface area contributed by atoms with Crippen molar-refractivity contribution in [2.45, 2.75) is 13.0 Å². The van der Waals surface area contributed by atoms with Crippen LogP contribution in [0.5, 0.6) is 0 Å². The van der Waals surface area contributed by atoms with Gasteiger partial charge in [0.2, 0.25) is 0 Å². The fraction of sp³-hybridized carbons (Fsp3) is 0.125. The van der Waals surface area contributed by atoms with Gasteiger partial charge in [-0.3, -0.25) is 14.8 Å². The second-order valence-corrected chi connectivity index (χ2v) is 7.94. The van der Waals surface area contributed by atoms with Crippen molar-refractivity contribution in [2.24, 2.45) is 0 Å². The van der Waals surface area contributed by atoms with Crippen molar-refractivity contribution < 1.29 is 4.79 Å². The van der Waals surface area contributed by atoms with Crippen LogP contribution in [0.25, 0.3) is 16.9 Å². The zero-order chi connectivity index (χ0) is 22.1. The minimum absolute atomic E-state index is 0.121. The number of hydrogen-bond donors (Lipinski definition) is 2. The molecular weight excluding hydrogens is 426 g/mol. The highest BCUT2D eigenvalue weighted by molar-refractivity contribution is 6.30. The third kappa shape index (κ3) is 3.67. The number of rotatable bonds is 3. The van der Waals surface area contributed by atoms with Crippen LogP contribution in [0.2, 0.25) is 5.02 Å². The van der Waals surface area contributed by atoms with Crippen LogP contribution >= 0.6 is 11.6 Å². The third-order valence-corrected chi connectivity index (χ3v) is 5.75. The lowest BCUT2D eigenvalue weighted by Crippen LogP contribution is -2.41. The molecule has 7 nitrogen and oxygen atoms in total. The van der Waals surface area contributed by atoms with E-state index in [1.165, 1.54) is 4.68 Å². The van der Waals surface area contributed by atoms with Gasteiger partial charge in [0.1, 0.15) is 5.82 Å². The van der Waals surface area contributed by atoms with E-state index in [1.807, 2.05) is 48.5 Å². The third-order valence-electron chi connectivity index (χ3n) is 5.50. The summed E-state index contributed by atoms with van der Waals surface area (Å²) in [6.45, 7) is 0.701. The number of carbonyl (C=O) groups is 1. The lowest BCUT2D eigenvalue weighted by molar-refractivity contribution is 0.246. The molecule has 32 heavy (non-hydrogen) atoms. The quantitative estimate of drug-likeness (QED) is 0.497. The van der Waals surface area contributed by atoms with E-state index in [2.05, 4.69) is 15.4 Å². The maximum absolute atomic E-state index is 13.2. The Kier molecular flexibility index (Phi) is 5.25. The number of carbonyl (C=O) groups excluding carboxylic acids is 1. The fourth-order valence-corrected chi connectivity index (χ4v) is 4.02. The summed E-state index contributed by atoms with van der Waals surface area (Å²) in [6.07, 6.45) is 2.06. The van der Waals surface area contributed by atoms with Crippen LogP contribution in [-0.4, -0.2) is 27.3 Å². The minimum atomic E-state index is -0.270. The molecule has 8 heteroatoms. The standard InChI is InChI=1S/C24H20ClN5O2/c25-17-10-8-16(9-11-17)15-27-24(32)29-14-12-20-21(19-7-4-13-26-22(19)29)28-30(23(20)31)18-5-2-1-3-6-18/h1-11,13,28H,12,14-15H2,(H,27,32). The molecule has 0 bridgehead atoms. The Labute approximate surface area is 189 Å². The summed E-state index contributed by atoms with van der Waals surface area (Å²) < 4.78 is 1.54. The number of aromatic amines is 1. The molecule has 2 amide bonds. The Balaban J connectivity index is 1.47. The van der Waals surface area contributed by atoms with E-state index < -0.39 is 0 Å². The molecule has 1 aliphatic rings. The Morgan fingerprint density at radius 1 is 1.06 bits per heavy atom. The van der Waals surface area contributed by atoms with Crippen molar-refractivity contribution in [2.75, 3.05) is 11.4 Å². The minimum Gasteiger partial charge on any atom is -0.334 e. The second-order valence-electron chi connectivity index (χ2n) is 7.50. The first kappa shape index (κ1) is 20.1. The number of benzene rings is 2. The number of fused-ring (bicyclic) bond motifs is 3. The van der Waals surface area contributed by atoms with Gasteiger partial charge in [-0.15, -0.1) is 0 Å². The number of H-pyrrole nitrogens is 1. The fourth-order valence-electron chi connectivity index (χ4n) is 3.90. The van der Waals surface area contributed by atoms with E-state index in [9.17, 15) is 9.59 Å². The summed E-state index contributed by atoms with van der Waals surface area (Å²) in [7, 11) is 0. The molecule has 2 N–H and O–H groups in total. The van der Waals surface area contributed by atoms with Gasteiger partial charge in [0.05, 0.1) is 11.4 Å². The highest BCUT2D eigenvalue weighted by atomic mass is 35.5. The van der Waals surface area contributed by atoms with Crippen LogP contribution in [0.3, 0.4) is 0 Å². The highest BCUT2D eigenvalue weighted by Gasteiger charge is 2.29. The van der Waals surface area contributed by atoms with Gasteiger partial charge < -0.3 is 5.32 Å². The van der Waals surface area contributed by atoms with Gasteiger partial charge in [-0.2, -0.15) is 0 Å². The SMILES string of the molecule is O=C(NCc1ccc(Cl)cc1)N1CCc2c([nH]n(-c3ccccc3)c2=O)-c2cccnc21. The Hall–Kier alpha value is -3.84. The summed E-state index contributed by atoms with van der Waals surface area (Å²) in [5.41, 5.74) is 3.62. The Bertz CT molecular complexity index is 1330. The van der Waals surface area contributed by atoms with Crippen molar-refractivity contribution in [3.8, 4) is 16.9 Å². The molecule has 0 unspecified atom stereocenters. The number of anilines is 1. The number of hydrogen-bond acceptors (Lipinski definition) is 3. The van der Waals surface area contributed by atoms with Gasteiger partial charge in [-0.1, -0.05) is 41.9 Å². The van der Waals surface area contributed by atoms with Crippen molar-refractivity contribution in [3.05, 3.63) is 99.4 Å². The van der Waals surface area contributed by atoms with Gasteiger partial charge in [-0.25, -0.2) is 14.5 Å². The number of pyridine rings is 1. The predicted molar refractivity (Wildman–Crippen MR) is 124 cm³/mol. The number of nitrogens with zero attached hydrogens (tertiary/aromatic N) is 3. The largest absolute Gasteiger partial charge is 0.334 e. The maximum atomic E-state index is 13.2. The van der Waals surface area contributed by atoms with Gasteiger partial charge in [0.15, 0.2) is 0 Å². The molecule has 0 fully saturated rings. The van der Waals surface area contributed by atoms with E-state index in [0.29, 0.717) is 47.2 Å². The first-order valence-corrected chi connectivity index (χ1v) is 10.6. The average Bonchev–Trinajstić information content (AvgIpc) is 3.06. The van der Waals surface area contributed by atoms with Crippen LogP contribution < -0.4 is 15.8 Å². The van der Waals surface area contributed by atoms with E-state index in [1.54, 1.807) is 29.3 Å². The summed E-state index contributed by atoms with van der Waals surface area (Å²) in [5, 5.41) is 6.81. The Morgan fingerprint density at radius 3 is 2.62 bits per heavy atom. The predicted octanol–water partition coefficient (Wildman–Crippen LogP) is 4.15. The molecular formula is C24H20ClN5O2. The number of urea groups is 1. The van der Waals surface area contributed by atoms with Gasteiger partial charge in [-0.05, 0) is 48.4 Å². The molecule has 2 aromatic carbocycles. The summed E-state index contributed by atoms with van der Waals surface area (Å²) in [5.74, 6) is 0.515. The molecule has 3 heterocycles. The van der Waals surface area contributed by atoms with Crippen LogP contribution in [0.1, 0.15) is 11.1 Å². The topological polar surface area (TPSA) is 83.0 Å². The molecule has 0 aliphatic carbocycles. The van der Waals surface area contributed by atoms with Gasteiger partial charge in [0.25, 0.3) is 5.56 Å². The van der Waals surface area contributed by atoms with Crippen molar-refractivity contribution in [1.82, 2.24) is 20.1 Å². The molecule has 1 aliphatic heterocycles. The van der Waals surface area contributed by atoms with E-state index in [-0.39, 0.29) is 11.6 Å². The number of para-hydroxylation sites is 1. The first-order valence-electron chi connectivity index (χ1n) is 10.3. The molecule has 0 saturated heterocycles. The van der Waals surface area contributed by atoms with E-state index >= 15 is 0 Å². The second kappa shape index (κ2) is 8.36. The molecule has 2 aromatic heterocycles. The van der Waals surface area contributed by atoms with Gasteiger partial charge >= 0.3 is 6.03 Å². The van der Waals surface area contributed by atoms with Crippen LogP contribution in [-0.2, 0) is 13.0 Å². The van der Waals surface area contributed by atoms with Crippen LogP contribution in [0.15, 0.2) is 77.7 Å². The molecule has 0 atom stereocenters. The average molecular weight is 446 g/mol. The van der Waals surface area contributed by atoms with Crippen LogP contribution in [0.4, 0.5) is 10.6 Å². The van der Waals surface area contributed by atoms with Crippen molar-refractivity contribution in [1.29, 1.82) is 0 Å². The van der Waals surface area contributed by atoms with Crippen LogP contribution in [0, 0.1) is 0 Å². The lowest BCUT2D eigenvalue weighted by Gasteiger charge is -2.22. The molecule has 4 aromatic rings. The summed E-state index contributed by atoms with van der Waals surface area (Å²) in [4.78, 5) is 32.3. The van der Waals surface area contributed by atoms with Crippen molar-refractivity contribution >= 4 is 23.4 Å². The first-order chi connectivity index (χ1) is 15.6. The highest BCUT2D eigenvalue weighted by Crippen LogP contribution is 2.32. The number of halogens is 1. The van der Waals surface area contributed by atoms with E-state index in [0.717, 1.165) is 11.3 Å². The summed E-state index contributed by atoms with van der Waals surface area (Å²) >= 11 is 5.93. The van der Waals surface area contributed by atoms with E-state index in [4.69, 9.17) is 11.6 Å². The van der Waals surface area contributed by atoms with Gasteiger partial charge in [0, 0.05) is 35.4 Å². The number of aromatic nitrogens is 3. The molecule has 0 spiro atoms. The lowest BCUT2D eigenvalue weighted by atomic mass is 10.1. The molecule has 0 saturated carbocycles. The number of amides is 2. The molecule has 0 radical (unpaired) electrons. The molecule has 5 rings (SSSR count). The Morgan fingerprint density at radius 2 is 1.84 bits per heavy atom.